The number of nitrogens with one attached hydrogen (secondary N) is 1. The number of ether oxygens (including phenoxy) is 1. The monoisotopic (exact) mass is 340 g/mol. The van der Waals surface area contributed by atoms with E-state index in [1.54, 1.807) is 0 Å². The highest BCUT2D eigenvalue weighted by Gasteiger charge is 2.28. The topological polar surface area (TPSA) is 41.6 Å². The van der Waals surface area contributed by atoms with Crippen LogP contribution in [-0.4, -0.2) is 43.1 Å². The third kappa shape index (κ3) is 6.04. The SMILES string of the molecule is CCCN(C(=O)C(C)CCOc1ccccc1)C1CCNC1.Cl. The average Bonchev–Trinajstić information content (AvgIpc) is 3.07. The maximum Gasteiger partial charge on any atom is 0.225 e. The molecule has 1 aromatic carbocycles. The van der Waals surface area contributed by atoms with Gasteiger partial charge in [-0.05, 0) is 37.9 Å². The molecule has 2 rings (SSSR count). The van der Waals surface area contributed by atoms with Crippen LogP contribution in [0.25, 0.3) is 0 Å². The highest BCUT2D eigenvalue weighted by atomic mass is 35.5. The van der Waals surface area contributed by atoms with Crippen molar-refractivity contribution in [1.29, 1.82) is 0 Å². The predicted octanol–water partition coefficient (Wildman–Crippen LogP) is 3.11. The molecule has 2 unspecified atom stereocenters. The molecule has 1 N–H and O–H groups in total. The zero-order chi connectivity index (χ0) is 15.8. The maximum absolute atomic E-state index is 12.7. The number of para-hydroxylation sites is 1. The Kier molecular flexibility index (Phi) is 9.03. The Bertz CT molecular complexity index is 450. The molecule has 1 heterocycles. The molecule has 0 aromatic heterocycles. The summed E-state index contributed by atoms with van der Waals surface area (Å²) in [4.78, 5) is 14.8. The van der Waals surface area contributed by atoms with Gasteiger partial charge in [-0.15, -0.1) is 12.4 Å². The van der Waals surface area contributed by atoms with Crippen molar-refractivity contribution in [1.82, 2.24) is 10.2 Å². The zero-order valence-corrected chi connectivity index (χ0v) is 15.0. The van der Waals surface area contributed by atoms with Crippen LogP contribution in [0.4, 0.5) is 0 Å². The number of benzene rings is 1. The van der Waals surface area contributed by atoms with E-state index in [2.05, 4.69) is 17.1 Å². The first kappa shape index (κ1) is 19.8. The van der Waals surface area contributed by atoms with Crippen molar-refractivity contribution >= 4 is 18.3 Å². The van der Waals surface area contributed by atoms with Crippen molar-refractivity contribution in [3.63, 3.8) is 0 Å². The van der Waals surface area contributed by atoms with Gasteiger partial charge >= 0.3 is 0 Å². The van der Waals surface area contributed by atoms with Crippen LogP contribution in [0, 0.1) is 5.92 Å². The molecule has 2 atom stereocenters. The van der Waals surface area contributed by atoms with Gasteiger partial charge in [0.15, 0.2) is 0 Å². The molecule has 0 bridgehead atoms. The van der Waals surface area contributed by atoms with Gasteiger partial charge in [-0.2, -0.15) is 0 Å². The molecule has 1 aliphatic rings. The summed E-state index contributed by atoms with van der Waals surface area (Å²) in [5.74, 6) is 1.15. The number of hydrogen-bond acceptors (Lipinski definition) is 3. The zero-order valence-electron chi connectivity index (χ0n) is 14.2. The van der Waals surface area contributed by atoms with Crippen LogP contribution in [0.5, 0.6) is 5.75 Å². The second-order valence-corrected chi connectivity index (χ2v) is 6.03. The summed E-state index contributed by atoms with van der Waals surface area (Å²) >= 11 is 0. The van der Waals surface area contributed by atoms with E-state index in [-0.39, 0.29) is 24.2 Å². The number of hydrogen-bond donors (Lipinski definition) is 1. The molecule has 4 nitrogen and oxygen atoms in total. The summed E-state index contributed by atoms with van der Waals surface area (Å²) in [6.45, 7) is 7.53. The lowest BCUT2D eigenvalue weighted by molar-refractivity contribution is -0.137. The van der Waals surface area contributed by atoms with E-state index in [4.69, 9.17) is 4.74 Å². The molecule has 1 saturated heterocycles. The number of rotatable bonds is 8. The van der Waals surface area contributed by atoms with Gasteiger partial charge in [-0.25, -0.2) is 0 Å². The molecular formula is C18H29ClN2O2. The molecule has 1 aromatic rings. The molecule has 130 valence electrons. The minimum Gasteiger partial charge on any atom is -0.494 e. The van der Waals surface area contributed by atoms with Crippen molar-refractivity contribution < 1.29 is 9.53 Å². The second-order valence-electron chi connectivity index (χ2n) is 6.03. The van der Waals surface area contributed by atoms with Crippen molar-refractivity contribution in [2.75, 3.05) is 26.2 Å². The van der Waals surface area contributed by atoms with Gasteiger partial charge < -0.3 is 15.0 Å². The van der Waals surface area contributed by atoms with Gasteiger partial charge in [0.25, 0.3) is 0 Å². The minimum atomic E-state index is 0. The largest absolute Gasteiger partial charge is 0.494 e. The number of carbonyl (C=O) groups excluding carboxylic acids is 1. The quantitative estimate of drug-likeness (QED) is 0.790. The Morgan fingerprint density at radius 2 is 2.13 bits per heavy atom. The van der Waals surface area contributed by atoms with Crippen LogP contribution in [0.1, 0.15) is 33.1 Å². The van der Waals surface area contributed by atoms with Gasteiger partial charge in [-0.1, -0.05) is 32.0 Å². The van der Waals surface area contributed by atoms with E-state index in [1.807, 2.05) is 37.3 Å². The fourth-order valence-corrected chi connectivity index (χ4v) is 2.90. The standard InChI is InChI=1S/C18H28N2O2.ClH/c1-3-12-20(16-9-11-19-14-16)18(21)15(2)10-13-22-17-7-5-4-6-8-17;/h4-8,15-16,19H,3,9-14H2,1-2H3;1H. The lowest BCUT2D eigenvalue weighted by Crippen LogP contribution is -2.44. The molecule has 5 heteroatoms. The first-order chi connectivity index (χ1) is 10.7. The van der Waals surface area contributed by atoms with Gasteiger partial charge in [-0.3, -0.25) is 4.79 Å². The molecule has 1 fully saturated rings. The summed E-state index contributed by atoms with van der Waals surface area (Å²) in [5, 5.41) is 3.35. The number of nitrogens with zero attached hydrogens (tertiary/aromatic N) is 1. The first-order valence-electron chi connectivity index (χ1n) is 8.41. The molecule has 0 saturated carbocycles. The van der Waals surface area contributed by atoms with Gasteiger partial charge in [0, 0.05) is 25.0 Å². The lowest BCUT2D eigenvalue weighted by atomic mass is 10.0. The third-order valence-corrected chi connectivity index (χ3v) is 4.21. The van der Waals surface area contributed by atoms with Gasteiger partial charge in [0.1, 0.15) is 5.75 Å². The smallest absolute Gasteiger partial charge is 0.225 e. The van der Waals surface area contributed by atoms with E-state index in [1.165, 1.54) is 0 Å². The number of amides is 1. The van der Waals surface area contributed by atoms with Gasteiger partial charge in [0.05, 0.1) is 6.61 Å². The van der Waals surface area contributed by atoms with Crippen LogP contribution < -0.4 is 10.1 Å². The molecule has 0 spiro atoms. The van der Waals surface area contributed by atoms with E-state index in [9.17, 15) is 4.79 Å². The lowest BCUT2D eigenvalue weighted by Gasteiger charge is -2.30. The van der Waals surface area contributed by atoms with E-state index < -0.39 is 0 Å². The summed E-state index contributed by atoms with van der Waals surface area (Å²) in [7, 11) is 0. The minimum absolute atomic E-state index is 0. The third-order valence-electron chi connectivity index (χ3n) is 4.21. The molecule has 1 aliphatic heterocycles. The van der Waals surface area contributed by atoms with Crippen molar-refractivity contribution in [3.05, 3.63) is 30.3 Å². The second kappa shape index (κ2) is 10.5. The summed E-state index contributed by atoms with van der Waals surface area (Å²) in [6, 6.07) is 10.1. The Morgan fingerprint density at radius 1 is 1.39 bits per heavy atom. The van der Waals surface area contributed by atoms with Crippen LogP contribution in [0.15, 0.2) is 30.3 Å². The summed E-state index contributed by atoms with van der Waals surface area (Å²) in [5.41, 5.74) is 0. The van der Waals surface area contributed by atoms with E-state index >= 15 is 0 Å². The van der Waals surface area contributed by atoms with Crippen LogP contribution in [0.3, 0.4) is 0 Å². The average molecular weight is 341 g/mol. The van der Waals surface area contributed by atoms with Crippen molar-refractivity contribution in [2.45, 2.75) is 39.2 Å². The Balaban J connectivity index is 0.00000264. The fraction of sp³-hybridized carbons (Fsp3) is 0.611. The highest BCUT2D eigenvalue weighted by Crippen LogP contribution is 2.16. The van der Waals surface area contributed by atoms with Crippen LogP contribution >= 0.6 is 12.4 Å². The Labute approximate surface area is 146 Å². The van der Waals surface area contributed by atoms with E-state index in [0.717, 1.165) is 44.6 Å². The molecule has 0 aliphatic carbocycles. The highest BCUT2D eigenvalue weighted by molar-refractivity contribution is 5.85. The van der Waals surface area contributed by atoms with Crippen molar-refractivity contribution in [3.8, 4) is 5.75 Å². The molecule has 23 heavy (non-hydrogen) atoms. The molecular weight excluding hydrogens is 312 g/mol. The molecule has 1 amide bonds. The normalized spacial score (nSPS) is 18.1. The maximum atomic E-state index is 12.7. The van der Waals surface area contributed by atoms with Crippen molar-refractivity contribution in [2.24, 2.45) is 5.92 Å². The van der Waals surface area contributed by atoms with Crippen LogP contribution in [-0.2, 0) is 4.79 Å². The Morgan fingerprint density at radius 3 is 2.74 bits per heavy atom. The number of carbonyl (C=O) groups is 1. The van der Waals surface area contributed by atoms with Gasteiger partial charge in [0.2, 0.25) is 5.91 Å². The fourth-order valence-electron chi connectivity index (χ4n) is 2.90. The van der Waals surface area contributed by atoms with E-state index in [0.29, 0.717) is 12.6 Å². The number of halogens is 1. The first-order valence-corrected chi connectivity index (χ1v) is 8.41. The summed E-state index contributed by atoms with van der Waals surface area (Å²) in [6.07, 6.45) is 2.84. The predicted molar refractivity (Wildman–Crippen MR) is 96.2 cm³/mol. The summed E-state index contributed by atoms with van der Waals surface area (Å²) < 4.78 is 5.71. The molecule has 0 radical (unpaired) electrons. The Hall–Kier alpha value is -1.26. The van der Waals surface area contributed by atoms with Crippen LogP contribution in [0.2, 0.25) is 0 Å².